The van der Waals surface area contributed by atoms with E-state index in [4.69, 9.17) is 0 Å². The van der Waals surface area contributed by atoms with Crippen molar-refractivity contribution in [1.82, 2.24) is 20.2 Å². The van der Waals surface area contributed by atoms with Gasteiger partial charge in [-0.15, -0.1) is 0 Å². The zero-order valence-corrected chi connectivity index (χ0v) is 13.0. The summed E-state index contributed by atoms with van der Waals surface area (Å²) in [5.41, 5.74) is 2.68. The largest absolute Gasteiger partial charge is 0.336 e. The van der Waals surface area contributed by atoms with Crippen molar-refractivity contribution in [2.24, 2.45) is 0 Å². The third kappa shape index (κ3) is 2.66. The molecule has 1 fully saturated rings. The Kier molecular flexibility index (Phi) is 3.78. The monoisotopic (exact) mass is 302 g/mol. The summed E-state index contributed by atoms with van der Waals surface area (Å²) < 4.78 is 13.9. The Morgan fingerprint density at radius 3 is 2.77 bits per heavy atom. The van der Waals surface area contributed by atoms with Crippen LogP contribution in [0.2, 0.25) is 0 Å². The molecule has 0 aliphatic carbocycles. The smallest absolute Gasteiger partial charge is 0.256 e. The molecule has 3 rings (SSSR count). The number of carbonyl (C=O) groups excluding carboxylic acids is 1. The van der Waals surface area contributed by atoms with Crippen molar-refractivity contribution < 1.29 is 9.18 Å². The van der Waals surface area contributed by atoms with Crippen molar-refractivity contribution in [3.05, 3.63) is 34.9 Å². The lowest BCUT2D eigenvalue weighted by Crippen LogP contribution is -2.51. The first kappa shape index (κ1) is 14.8. The Bertz CT molecular complexity index is 746. The molecule has 1 amide bonds. The minimum absolute atomic E-state index is 0.185. The van der Waals surface area contributed by atoms with E-state index >= 15 is 0 Å². The van der Waals surface area contributed by atoms with Gasteiger partial charge in [-0.2, -0.15) is 0 Å². The maximum absolute atomic E-state index is 13.9. The van der Waals surface area contributed by atoms with E-state index in [1.807, 2.05) is 20.8 Å². The number of hydrogen-bond acceptors (Lipinski definition) is 4. The summed E-state index contributed by atoms with van der Waals surface area (Å²) in [5.74, 6) is -0.646. The van der Waals surface area contributed by atoms with Crippen LogP contribution in [0.1, 0.15) is 28.7 Å². The summed E-state index contributed by atoms with van der Waals surface area (Å²) in [6, 6.07) is 2.82. The maximum atomic E-state index is 13.9. The zero-order valence-electron chi connectivity index (χ0n) is 13.0. The first-order chi connectivity index (χ1) is 10.5. The standard InChI is InChI=1S/C16H19FN4O/c1-9-8-21(5-4-18-9)16(22)13-6-12(17)7-14-15(13)20-11(3)10(2)19-14/h6-7,9,18H,4-5,8H2,1-3H3. The molecule has 2 aromatic rings. The van der Waals surface area contributed by atoms with Crippen molar-refractivity contribution in [2.75, 3.05) is 19.6 Å². The fraction of sp³-hybridized carbons (Fsp3) is 0.438. The van der Waals surface area contributed by atoms with E-state index in [9.17, 15) is 9.18 Å². The van der Waals surface area contributed by atoms with Crippen LogP contribution in [0.3, 0.4) is 0 Å². The minimum Gasteiger partial charge on any atom is -0.336 e. The van der Waals surface area contributed by atoms with Crippen LogP contribution in [0.25, 0.3) is 11.0 Å². The number of rotatable bonds is 1. The third-order valence-corrected chi connectivity index (χ3v) is 4.03. The molecule has 0 saturated carbocycles. The molecule has 116 valence electrons. The lowest BCUT2D eigenvalue weighted by molar-refractivity contribution is 0.0710. The van der Waals surface area contributed by atoms with E-state index < -0.39 is 5.82 Å². The summed E-state index contributed by atoms with van der Waals surface area (Å²) in [6.07, 6.45) is 0. The summed E-state index contributed by atoms with van der Waals surface area (Å²) in [6.45, 7) is 7.65. The molecule has 1 saturated heterocycles. The number of nitrogens with zero attached hydrogens (tertiary/aromatic N) is 3. The fourth-order valence-electron chi connectivity index (χ4n) is 2.75. The van der Waals surface area contributed by atoms with Gasteiger partial charge in [0.15, 0.2) is 0 Å². The second-order valence-electron chi connectivity index (χ2n) is 5.82. The Morgan fingerprint density at radius 2 is 2.05 bits per heavy atom. The number of carbonyl (C=O) groups is 1. The van der Waals surface area contributed by atoms with Gasteiger partial charge in [0.25, 0.3) is 5.91 Å². The number of piperazine rings is 1. The SMILES string of the molecule is Cc1nc2cc(F)cc(C(=O)N3CCNC(C)C3)c2nc1C. The molecule has 1 unspecified atom stereocenters. The number of hydrogen-bond donors (Lipinski definition) is 1. The van der Waals surface area contributed by atoms with Gasteiger partial charge in [-0.3, -0.25) is 4.79 Å². The average Bonchev–Trinajstić information content (AvgIpc) is 2.47. The van der Waals surface area contributed by atoms with Crippen molar-refractivity contribution in [3.8, 4) is 0 Å². The fourth-order valence-corrected chi connectivity index (χ4v) is 2.75. The summed E-state index contributed by atoms with van der Waals surface area (Å²) in [5, 5.41) is 3.29. The molecule has 0 bridgehead atoms. The summed E-state index contributed by atoms with van der Waals surface area (Å²) in [4.78, 5) is 23.3. The Balaban J connectivity index is 2.09. The molecular weight excluding hydrogens is 283 g/mol. The van der Waals surface area contributed by atoms with E-state index in [-0.39, 0.29) is 11.9 Å². The molecule has 22 heavy (non-hydrogen) atoms. The molecule has 1 aliphatic heterocycles. The van der Waals surface area contributed by atoms with Crippen molar-refractivity contribution in [2.45, 2.75) is 26.8 Å². The molecule has 6 heteroatoms. The Hall–Kier alpha value is -2.08. The highest BCUT2D eigenvalue weighted by atomic mass is 19.1. The molecular formula is C16H19FN4O. The Morgan fingerprint density at radius 1 is 1.32 bits per heavy atom. The van der Waals surface area contributed by atoms with E-state index in [0.29, 0.717) is 29.7 Å². The first-order valence-corrected chi connectivity index (χ1v) is 7.43. The van der Waals surface area contributed by atoms with Gasteiger partial charge in [0.1, 0.15) is 11.3 Å². The van der Waals surface area contributed by atoms with Crippen LogP contribution in [0.4, 0.5) is 4.39 Å². The average molecular weight is 302 g/mol. The number of halogens is 1. The van der Waals surface area contributed by atoms with Crippen molar-refractivity contribution in [3.63, 3.8) is 0 Å². The number of nitrogens with one attached hydrogen (secondary N) is 1. The molecule has 1 aromatic heterocycles. The second-order valence-corrected chi connectivity index (χ2v) is 5.82. The van der Waals surface area contributed by atoms with Crippen molar-refractivity contribution in [1.29, 1.82) is 0 Å². The highest BCUT2D eigenvalue weighted by Crippen LogP contribution is 2.21. The molecule has 5 nitrogen and oxygen atoms in total. The van der Waals surface area contributed by atoms with E-state index in [1.165, 1.54) is 12.1 Å². The van der Waals surface area contributed by atoms with Crippen LogP contribution in [0.5, 0.6) is 0 Å². The number of benzene rings is 1. The van der Waals surface area contributed by atoms with E-state index in [0.717, 1.165) is 17.9 Å². The Labute approximate surface area is 128 Å². The molecule has 1 atom stereocenters. The van der Waals surface area contributed by atoms with Crippen LogP contribution in [-0.4, -0.2) is 46.5 Å². The predicted molar refractivity (Wildman–Crippen MR) is 82.3 cm³/mol. The number of aryl methyl sites for hydroxylation is 2. The minimum atomic E-state index is -0.461. The van der Waals surface area contributed by atoms with Gasteiger partial charge in [-0.05, 0) is 26.8 Å². The van der Waals surface area contributed by atoms with Gasteiger partial charge in [-0.25, -0.2) is 14.4 Å². The van der Waals surface area contributed by atoms with E-state index in [2.05, 4.69) is 15.3 Å². The summed E-state index contributed by atoms with van der Waals surface area (Å²) in [7, 11) is 0. The number of amides is 1. The van der Waals surface area contributed by atoms with Gasteiger partial charge in [-0.1, -0.05) is 0 Å². The molecule has 1 aliphatic rings. The summed E-state index contributed by atoms with van der Waals surface area (Å²) >= 11 is 0. The first-order valence-electron chi connectivity index (χ1n) is 7.43. The van der Waals surface area contributed by atoms with Crippen LogP contribution in [0.15, 0.2) is 12.1 Å². The predicted octanol–water partition coefficient (Wildman–Crippen LogP) is 1.82. The lowest BCUT2D eigenvalue weighted by Gasteiger charge is -2.32. The van der Waals surface area contributed by atoms with Crippen molar-refractivity contribution >= 4 is 16.9 Å². The molecule has 1 N–H and O–H groups in total. The highest BCUT2D eigenvalue weighted by molar-refractivity contribution is 6.04. The molecule has 0 spiro atoms. The molecule has 2 heterocycles. The van der Waals surface area contributed by atoms with Gasteiger partial charge >= 0.3 is 0 Å². The molecule has 1 aromatic carbocycles. The number of fused-ring (bicyclic) bond motifs is 1. The van der Waals surface area contributed by atoms with Crippen LogP contribution in [0, 0.1) is 19.7 Å². The van der Waals surface area contributed by atoms with Gasteiger partial charge in [0.05, 0.1) is 22.5 Å². The third-order valence-electron chi connectivity index (χ3n) is 4.03. The zero-order chi connectivity index (χ0) is 15.9. The second kappa shape index (κ2) is 5.61. The molecule has 0 radical (unpaired) electrons. The van der Waals surface area contributed by atoms with Crippen LogP contribution in [-0.2, 0) is 0 Å². The highest BCUT2D eigenvalue weighted by Gasteiger charge is 2.24. The van der Waals surface area contributed by atoms with Crippen LogP contribution < -0.4 is 5.32 Å². The quantitative estimate of drug-likeness (QED) is 0.873. The topological polar surface area (TPSA) is 58.1 Å². The lowest BCUT2D eigenvalue weighted by atomic mass is 10.1. The van der Waals surface area contributed by atoms with Gasteiger partial charge in [0.2, 0.25) is 0 Å². The maximum Gasteiger partial charge on any atom is 0.256 e. The number of aromatic nitrogens is 2. The van der Waals surface area contributed by atoms with E-state index in [1.54, 1.807) is 4.90 Å². The van der Waals surface area contributed by atoms with Gasteiger partial charge < -0.3 is 10.2 Å². The van der Waals surface area contributed by atoms with Crippen LogP contribution >= 0.6 is 0 Å². The normalized spacial score (nSPS) is 18.7. The van der Waals surface area contributed by atoms with Gasteiger partial charge in [0, 0.05) is 31.7 Å².